The fourth-order valence-corrected chi connectivity index (χ4v) is 4.12. The Balaban J connectivity index is 2.58. The summed E-state index contributed by atoms with van der Waals surface area (Å²) >= 11 is 8.17. The zero-order chi connectivity index (χ0) is 14.2. The van der Waals surface area contributed by atoms with Crippen LogP contribution in [0.15, 0.2) is 17.5 Å². The molecule has 0 bridgehead atoms. The highest BCUT2D eigenvalue weighted by Crippen LogP contribution is 2.37. The second-order valence-corrected chi connectivity index (χ2v) is 6.42. The molecule has 0 fully saturated rings. The molecule has 1 heterocycles. The number of hydrogen-bond donors (Lipinski definition) is 1. The fourth-order valence-electron chi connectivity index (χ4n) is 2.70. The van der Waals surface area contributed by atoms with Crippen molar-refractivity contribution >= 4 is 22.9 Å². The van der Waals surface area contributed by atoms with Gasteiger partial charge in [0.15, 0.2) is 0 Å². The van der Waals surface area contributed by atoms with E-state index in [1.54, 1.807) is 11.3 Å². The first kappa shape index (κ1) is 14.6. The van der Waals surface area contributed by atoms with Gasteiger partial charge in [-0.15, -0.1) is 11.3 Å². The van der Waals surface area contributed by atoms with Gasteiger partial charge in [-0.2, -0.15) is 0 Å². The summed E-state index contributed by atoms with van der Waals surface area (Å²) in [4.78, 5) is 1.21. The van der Waals surface area contributed by atoms with Gasteiger partial charge in [0.05, 0.1) is 11.1 Å². The van der Waals surface area contributed by atoms with E-state index < -0.39 is 0 Å². The third kappa shape index (κ3) is 2.71. The minimum atomic E-state index is 0.173. The van der Waals surface area contributed by atoms with Crippen LogP contribution in [0, 0.1) is 27.7 Å². The van der Waals surface area contributed by atoms with Gasteiger partial charge in [-0.05, 0) is 62.4 Å². The van der Waals surface area contributed by atoms with Crippen molar-refractivity contribution in [3.8, 4) is 0 Å². The molecule has 1 unspecified atom stereocenters. The van der Waals surface area contributed by atoms with Gasteiger partial charge < -0.3 is 5.32 Å². The van der Waals surface area contributed by atoms with Crippen LogP contribution in [0.3, 0.4) is 0 Å². The van der Waals surface area contributed by atoms with Gasteiger partial charge in [-0.25, -0.2) is 0 Å². The van der Waals surface area contributed by atoms with Gasteiger partial charge in [0.1, 0.15) is 0 Å². The largest absolute Gasteiger partial charge is 0.309 e. The van der Waals surface area contributed by atoms with Crippen molar-refractivity contribution in [2.24, 2.45) is 0 Å². The average molecular weight is 294 g/mol. The Morgan fingerprint density at radius 1 is 1.05 bits per heavy atom. The second kappa shape index (κ2) is 5.66. The van der Waals surface area contributed by atoms with Crippen LogP contribution in [0.1, 0.15) is 38.7 Å². The molecule has 1 nitrogen and oxygen atoms in total. The first-order valence-corrected chi connectivity index (χ1v) is 7.70. The summed E-state index contributed by atoms with van der Waals surface area (Å²) in [5.41, 5.74) is 6.45. The van der Waals surface area contributed by atoms with Crippen molar-refractivity contribution in [2.75, 3.05) is 7.05 Å². The van der Waals surface area contributed by atoms with Crippen molar-refractivity contribution in [2.45, 2.75) is 33.7 Å². The maximum atomic E-state index is 6.44. The Labute approximate surface area is 124 Å². The SMILES string of the molecule is CNC(c1scc(C)c1Cl)c1c(C)cc(C)cc1C. The van der Waals surface area contributed by atoms with Crippen LogP contribution in [-0.2, 0) is 0 Å². The van der Waals surface area contributed by atoms with Gasteiger partial charge in [-0.1, -0.05) is 29.3 Å². The molecule has 1 atom stereocenters. The van der Waals surface area contributed by atoms with Gasteiger partial charge in [0.25, 0.3) is 0 Å². The van der Waals surface area contributed by atoms with E-state index >= 15 is 0 Å². The second-order valence-electron chi connectivity index (χ2n) is 5.13. The predicted molar refractivity (Wildman–Crippen MR) is 85.6 cm³/mol. The summed E-state index contributed by atoms with van der Waals surface area (Å²) in [6.07, 6.45) is 0. The molecule has 1 N–H and O–H groups in total. The van der Waals surface area contributed by atoms with E-state index in [9.17, 15) is 0 Å². The van der Waals surface area contributed by atoms with Gasteiger partial charge >= 0.3 is 0 Å². The van der Waals surface area contributed by atoms with E-state index in [4.69, 9.17) is 11.6 Å². The normalized spacial score (nSPS) is 12.7. The molecule has 0 saturated heterocycles. The van der Waals surface area contributed by atoms with Crippen LogP contribution in [0.25, 0.3) is 0 Å². The van der Waals surface area contributed by atoms with E-state index in [0.29, 0.717) is 0 Å². The van der Waals surface area contributed by atoms with Gasteiger partial charge in [0, 0.05) is 4.88 Å². The van der Waals surface area contributed by atoms with Crippen molar-refractivity contribution in [1.29, 1.82) is 0 Å². The van der Waals surface area contributed by atoms with E-state index in [1.807, 2.05) is 7.05 Å². The lowest BCUT2D eigenvalue weighted by Crippen LogP contribution is -2.19. The maximum Gasteiger partial charge on any atom is 0.0688 e. The Bertz CT molecular complexity index is 578. The van der Waals surface area contributed by atoms with Crippen LogP contribution < -0.4 is 5.32 Å². The van der Waals surface area contributed by atoms with E-state index in [-0.39, 0.29) is 6.04 Å². The summed E-state index contributed by atoms with van der Waals surface area (Å²) in [5, 5.41) is 6.43. The lowest BCUT2D eigenvalue weighted by atomic mass is 9.93. The smallest absolute Gasteiger partial charge is 0.0688 e. The monoisotopic (exact) mass is 293 g/mol. The van der Waals surface area contributed by atoms with Crippen molar-refractivity contribution in [3.63, 3.8) is 0 Å². The van der Waals surface area contributed by atoms with Gasteiger partial charge in [0.2, 0.25) is 0 Å². The van der Waals surface area contributed by atoms with Gasteiger partial charge in [-0.3, -0.25) is 0 Å². The topological polar surface area (TPSA) is 12.0 Å². The molecule has 0 aliphatic rings. The molecule has 0 spiro atoms. The van der Waals surface area contributed by atoms with Crippen LogP contribution >= 0.6 is 22.9 Å². The summed E-state index contributed by atoms with van der Waals surface area (Å²) in [7, 11) is 1.99. The van der Waals surface area contributed by atoms with Crippen LogP contribution in [0.5, 0.6) is 0 Å². The first-order chi connectivity index (χ1) is 8.95. The summed E-state index contributed by atoms with van der Waals surface area (Å²) in [6.45, 7) is 8.55. The predicted octanol–water partition coefficient (Wildman–Crippen LogP) is 4.94. The maximum absolute atomic E-state index is 6.44. The molecular formula is C16H20ClNS. The molecular weight excluding hydrogens is 274 g/mol. The molecule has 0 aliphatic carbocycles. The standard InChI is InChI=1S/C16H20ClNS/c1-9-6-10(2)13(11(3)7-9)15(18-5)16-14(17)12(4)8-19-16/h6-8,15,18H,1-5H3. The third-order valence-electron chi connectivity index (χ3n) is 3.50. The van der Waals surface area contributed by atoms with Crippen molar-refractivity contribution in [3.05, 3.63) is 55.2 Å². The number of aryl methyl sites for hydroxylation is 4. The Hall–Kier alpha value is -0.830. The summed E-state index contributed by atoms with van der Waals surface area (Å²) < 4.78 is 0. The molecule has 0 radical (unpaired) electrons. The van der Waals surface area contributed by atoms with E-state index in [1.165, 1.54) is 27.1 Å². The first-order valence-electron chi connectivity index (χ1n) is 6.44. The fraction of sp³-hybridized carbons (Fsp3) is 0.375. The number of rotatable bonds is 3. The quantitative estimate of drug-likeness (QED) is 0.845. The van der Waals surface area contributed by atoms with Crippen LogP contribution in [0.2, 0.25) is 5.02 Å². The zero-order valence-corrected chi connectivity index (χ0v) is 13.7. The Morgan fingerprint density at radius 3 is 2.05 bits per heavy atom. The molecule has 2 aromatic rings. The molecule has 102 valence electrons. The summed E-state index contributed by atoms with van der Waals surface area (Å²) in [5.74, 6) is 0. The summed E-state index contributed by atoms with van der Waals surface area (Å²) in [6, 6.07) is 4.65. The molecule has 2 rings (SSSR count). The number of thiophene rings is 1. The Kier molecular flexibility index (Phi) is 4.34. The molecule has 0 amide bonds. The lowest BCUT2D eigenvalue weighted by molar-refractivity contribution is 0.694. The third-order valence-corrected chi connectivity index (χ3v) is 5.28. The minimum Gasteiger partial charge on any atom is -0.309 e. The number of benzene rings is 1. The Morgan fingerprint density at radius 2 is 1.63 bits per heavy atom. The average Bonchev–Trinajstić information content (AvgIpc) is 2.65. The number of hydrogen-bond acceptors (Lipinski definition) is 2. The highest BCUT2D eigenvalue weighted by molar-refractivity contribution is 7.10. The van der Waals surface area contributed by atoms with Crippen LogP contribution in [-0.4, -0.2) is 7.05 Å². The molecule has 0 saturated carbocycles. The lowest BCUT2D eigenvalue weighted by Gasteiger charge is -2.21. The number of nitrogens with one attached hydrogen (secondary N) is 1. The minimum absolute atomic E-state index is 0.173. The molecule has 19 heavy (non-hydrogen) atoms. The van der Waals surface area contributed by atoms with Crippen LogP contribution in [0.4, 0.5) is 0 Å². The van der Waals surface area contributed by atoms with E-state index in [0.717, 1.165) is 10.6 Å². The van der Waals surface area contributed by atoms with E-state index in [2.05, 4.69) is 50.5 Å². The van der Waals surface area contributed by atoms with Crippen molar-refractivity contribution < 1.29 is 0 Å². The molecule has 1 aromatic heterocycles. The molecule has 0 aliphatic heterocycles. The highest BCUT2D eigenvalue weighted by atomic mass is 35.5. The highest BCUT2D eigenvalue weighted by Gasteiger charge is 2.21. The molecule has 1 aromatic carbocycles. The number of halogens is 1. The van der Waals surface area contributed by atoms with Crippen molar-refractivity contribution in [1.82, 2.24) is 5.32 Å². The molecule has 3 heteroatoms. The zero-order valence-electron chi connectivity index (χ0n) is 12.1.